The Morgan fingerprint density at radius 1 is 1.25 bits per heavy atom. The van der Waals surface area contributed by atoms with Gasteiger partial charge < -0.3 is 4.74 Å². The third-order valence-electron chi connectivity index (χ3n) is 2.40. The topological polar surface area (TPSA) is 76.2 Å². The number of halogens is 2. The van der Waals surface area contributed by atoms with Gasteiger partial charge in [-0.2, -0.15) is 5.26 Å². The number of ether oxygens (including phenoxy) is 1. The second-order valence-corrected chi connectivity index (χ2v) is 4.14. The molecule has 0 spiro atoms. The van der Waals surface area contributed by atoms with Gasteiger partial charge in [-0.05, 0) is 30.3 Å². The highest BCUT2D eigenvalue weighted by Gasteiger charge is 2.18. The maximum absolute atomic E-state index is 12.9. The first-order valence-corrected chi connectivity index (χ1v) is 5.70. The molecular weight excluding hydrogens is 287 g/mol. The van der Waals surface area contributed by atoms with Crippen molar-refractivity contribution in [1.82, 2.24) is 0 Å². The Hall–Kier alpha value is -2.65. The van der Waals surface area contributed by atoms with Gasteiger partial charge in [0.05, 0.1) is 21.6 Å². The average Bonchev–Trinajstić information content (AvgIpc) is 2.42. The molecule has 2 aromatic carbocycles. The Bertz CT molecular complexity index is 728. The van der Waals surface area contributed by atoms with Crippen molar-refractivity contribution in [2.24, 2.45) is 0 Å². The minimum Gasteiger partial charge on any atom is -0.449 e. The summed E-state index contributed by atoms with van der Waals surface area (Å²) in [6.45, 7) is 0. The lowest BCUT2D eigenvalue weighted by Crippen LogP contribution is -1.95. The van der Waals surface area contributed by atoms with Crippen LogP contribution in [-0.4, -0.2) is 4.92 Å². The molecule has 0 aliphatic rings. The summed E-state index contributed by atoms with van der Waals surface area (Å²) in [5, 5.41) is 19.7. The summed E-state index contributed by atoms with van der Waals surface area (Å²) in [7, 11) is 0. The molecule has 0 fully saturated rings. The number of nitro groups is 1. The van der Waals surface area contributed by atoms with Crippen molar-refractivity contribution in [2.75, 3.05) is 0 Å². The number of benzene rings is 2. The van der Waals surface area contributed by atoms with Gasteiger partial charge in [0.25, 0.3) is 0 Å². The Morgan fingerprint density at radius 3 is 2.55 bits per heavy atom. The normalized spacial score (nSPS) is 9.85. The summed E-state index contributed by atoms with van der Waals surface area (Å²) in [6.07, 6.45) is 0. The second-order valence-electron chi connectivity index (χ2n) is 3.73. The van der Waals surface area contributed by atoms with Gasteiger partial charge in [-0.25, -0.2) is 4.39 Å². The predicted molar refractivity (Wildman–Crippen MR) is 69.3 cm³/mol. The predicted octanol–water partition coefficient (Wildman–Crippen LogP) is 4.05. The summed E-state index contributed by atoms with van der Waals surface area (Å²) in [6, 6.07) is 8.97. The van der Waals surface area contributed by atoms with Crippen LogP contribution in [0.4, 0.5) is 10.1 Å². The molecule has 2 rings (SSSR count). The van der Waals surface area contributed by atoms with Crippen LogP contribution < -0.4 is 4.74 Å². The van der Waals surface area contributed by atoms with Gasteiger partial charge in [-0.15, -0.1) is 0 Å². The van der Waals surface area contributed by atoms with Gasteiger partial charge in [-0.3, -0.25) is 10.1 Å². The van der Waals surface area contributed by atoms with Crippen molar-refractivity contribution in [3.05, 3.63) is 62.9 Å². The fourth-order valence-corrected chi connectivity index (χ4v) is 1.70. The number of rotatable bonds is 3. The molecule has 0 aliphatic heterocycles. The van der Waals surface area contributed by atoms with E-state index in [4.69, 9.17) is 21.6 Å². The van der Waals surface area contributed by atoms with Crippen molar-refractivity contribution < 1.29 is 14.1 Å². The fourth-order valence-electron chi connectivity index (χ4n) is 1.49. The molecule has 0 saturated carbocycles. The van der Waals surface area contributed by atoms with Gasteiger partial charge in [0.2, 0.25) is 5.75 Å². The molecule has 0 aliphatic carbocycles. The number of nitriles is 1. The first-order chi connectivity index (χ1) is 9.51. The van der Waals surface area contributed by atoms with Gasteiger partial charge >= 0.3 is 5.69 Å². The molecular formula is C13H6ClFN2O3. The molecule has 0 N–H and O–H groups in total. The van der Waals surface area contributed by atoms with Crippen molar-refractivity contribution in [1.29, 1.82) is 5.26 Å². The third-order valence-corrected chi connectivity index (χ3v) is 2.69. The number of nitro benzene ring substituents is 1. The van der Waals surface area contributed by atoms with Crippen LogP contribution in [0, 0.1) is 27.3 Å². The molecule has 0 radical (unpaired) electrons. The summed E-state index contributed by atoms with van der Waals surface area (Å²) < 4.78 is 18.2. The summed E-state index contributed by atoms with van der Waals surface area (Å²) in [5.41, 5.74) is -0.237. The Morgan fingerprint density at radius 2 is 1.95 bits per heavy atom. The molecule has 0 saturated heterocycles. The van der Waals surface area contributed by atoms with E-state index in [1.807, 2.05) is 0 Å². The van der Waals surface area contributed by atoms with Crippen molar-refractivity contribution in [3.8, 4) is 17.6 Å². The minimum absolute atomic E-state index is 0.0105. The summed E-state index contributed by atoms with van der Waals surface area (Å²) in [4.78, 5) is 10.3. The largest absolute Gasteiger partial charge is 0.449 e. The highest BCUT2D eigenvalue weighted by atomic mass is 35.5. The maximum atomic E-state index is 12.9. The van der Waals surface area contributed by atoms with Crippen LogP contribution in [0.15, 0.2) is 36.4 Å². The molecule has 0 unspecified atom stereocenters. The molecule has 0 bridgehead atoms. The van der Waals surface area contributed by atoms with Crippen LogP contribution in [0.5, 0.6) is 11.5 Å². The van der Waals surface area contributed by atoms with Crippen LogP contribution in [-0.2, 0) is 0 Å². The lowest BCUT2D eigenvalue weighted by Gasteiger charge is -2.08. The van der Waals surface area contributed by atoms with Crippen molar-refractivity contribution >= 4 is 17.3 Å². The molecule has 0 amide bonds. The smallest absolute Gasteiger partial charge is 0.312 e. The lowest BCUT2D eigenvalue weighted by atomic mass is 10.2. The van der Waals surface area contributed by atoms with E-state index >= 15 is 0 Å². The zero-order valence-corrected chi connectivity index (χ0v) is 10.6. The molecule has 0 aromatic heterocycles. The van der Waals surface area contributed by atoms with E-state index in [0.29, 0.717) is 0 Å². The Labute approximate surface area is 117 Å². The Balaban J connectivity index is 2.43. The highest BCUT2D eigenvalue weighted by molar-refractivity contribution is 6.32. The van der Waals surface area contributed by atoms with Crippen LogP contribution in [0.25, 0.3) is 0 Å². The van der Waals surface area contributed by atoms with E-state index in [-0.39, 0.29) is 27.8 Å². The standard InChI is InChI=1S/C13H6ClFN2O3/c14-10-6-9(15)2-4-12(10)20-13-3-1-8(7-16)5-11(13)17(18)19/h1-6H. The maximum Gasteiger partial charge on any atom is 0.312 e. The van der Waals surface area contributed by atoms with Gasteiger partial charge in [-0.1, -0.05) is 11.6 Å². The van der Waals surface area contributed by atoms with Gasteiger partial charge in [0.15, 0.2) is 0 Å². The van der Waals surface area contributed by atoms with Crippen molar-refractivity contribution in [2.45, 2.75) is 0 Å². The molecule has 7 heteroatoms. The van der Waals surface area contributed by atoms with E-state index in [1.165, 1.54) is 18.2 Å². The van der Waals surface area contributed by atoms with E-state index < -0.39 is 10.7 Å². The second kappa shape index (κ2) is 5.55. The molecule has 5 nitrogen and oxygen atoms in total. The third kappa shape index (κ3) is 2.84. The molecule has 2 aromatic rings. The molecule has 100 valence electrons. The van der Waals surface area contributed by atoms with Gasteiger partial charge in [0, 0.05) is 6.07 Å². The first-order valence-electron chi connectivity index (χ1n) is 5.32. The van der Waals surface area contributed by atoms with Crippen LogP contribution >= 0.6 is 11.6 Å². The van der Waals surface area contributed by atoms with Crippen LogP contribution in [0.3, 0.4) is 0 Å². The van der Waals surface area contributed by atoms with Crippen LogP contribution in [0.2, 0.25) is 5.02 Å². The number of hydrogen-bond donors (Lipinski definition) is 0. The summed E-state index contributed by atoms with van der Waals surface area (Å²) in [5.74, 6) is -0.542. The molecule has 0 atom stereocenters. The van der Waals surface area contributed by atoms with E-state index in [9.17, 15) is 14.5 Å². The van der Waals surface area contributed by atoms with Crippen molar-refractivity contribution in [3.63, 3.8) is 0 Å². The quantitative estimate of drug-likeness (QED) is 0.631. The van der Waals surface area contributed by atoms with Gasteiger partial charge in [0.1, 0.15) is 11.6 Å². The number of nitrogens with zero attached hydrogens (tertiary/aromatic N) is 2. The molecule has 0 heterocycles. The minimum atomic E-state index is -0.673. The van der Waals surface area contributed by atoms with E-state index in [1.54, 1.807) is 6.07 Å². The van der Waals surface area contributed by atoms with E-state index in [2.05, 4.69) is 0 Å². The van der Waals surface area contributed by atoms with Crippen LogP contribution in [0.1, 0.15) is 5.56 Å². The first kappa shape index (κ1) is 13.8. The monoisotopic (exact) mass is 292 g/mol. The average molecular weight is 293 g/mol. The highest BCUT2D eigenvalue weighted by Crippen LogP contribution is 2.35. The SMILES string of the molecule is N#Cc1ccc(Oc2ccc(F)cc2Cl)c([N+](=O)[O-])c1. The Kier molecular flexibility index (Phi) is 3.82. The summed E-state index contributed by atoms with van der Waals surface area (Å²) >= 11 is 5.78. The fraction of sp³-hybridized carbons (Fsp3) is 0. The zero-order valence-electron chi connectivity index (χ0n) is 9.84. The lowest BCUT2D eigenvalue weighted by molar-refractivity contribution is -0.385. The molecule has 20 heavy (non-hydrogen) atoms. The zero-order chi connectivity index (χ0) is 14.7. The van der Waals surface area contributed by atoms with E-state index in [0.717, 1.165) is 18.2 Å². The number of hydrogen-bond acceptors (Lipinski definition) is 4.